The largest absolute Gasteiger partial charge is 0.368 e. The average Bonchev–Trinajstić information content (AvgIpc) is 2.43. The van der Waals surface area contributed by atoms with Crippen molar-refractivity contribution in [3.8, 4) is 0 Å². The molecule has 2 rings (SSSR count). The van der Waals surface area contributed by atoms with E-state index < -0.39 is 11.6 Å². The molecule has 5 heteroatoms. The summed E-state index contributed by atoms with van der Waals surface area (Å²) in [7, 11) is 0. The summed E-state index contributed by atoms with van der Waals surface area (Å²) in [5, 5.41) is 2.83. The third-order valence-corrected chi connectivity index (χ3v) is 3.87. The molecule has 20 heavy (non-hydrogen) atoms. The second kappa shape index (κ2) is 6.86. The van der Waals surface area contributed by atoms with Crippen molar-refractivity contribution < 1.29 is 8.78 Å². The molecule has 0 atom stereocenters. The van der Waals surface area contributed by atoms with Gasteiger partial charge in [0.25, 0.3) is 0 Å². The number of piperidine rings is 1. The van der Waals surface area contributed by atoms with Crippen LogP contribution in [-0.4, -0.2) is 24.6 Å². The third-order valence-electron chi connectivity index (χ3n) is 3.87. The van der Waals surface area contributed by atoms with Crippen molar-refractivity contribution in [1.29, 1.82) is 0 Å². The lowest BCUT2D eigenvalue weighted by Crippen LogP contribution is -2.35. The highest BCUT2D eigenvalue weighted by atomic mass is 19.1. The molecule has 1 aromatic rings. The molecule has 1 saturated heterocycles. The molecule has 1 fully saturated rings. The van der Waals surface area contributed by atoms with Crippen LogP contribution in [0.1, 0.15) is 39.5 Å². The van der Waals surface area contributed by atoms with Gasteiger partial charge in [0.2, 0.25) is 0 Å². The van der Waals surface area contributed by atoms with Gasteiger partial charge in [-0.3, -0.25) is 0 Å². The van der Waals surface area contributed by atoms with E-state index in [2.05, 4.69) is 17.2 Å². The molecule has 1 aliphatic heterocycles. The van der Waals surface area contributed by atoms with Gasteiger partial charge in [-0.05, 0) is 25.7 Å². The van der Waals surface area contributed by atoms with Gasteiger partial charge in [-0.25, -0.2) is 13.8 Å². The molecule has 112 valence electrons. The first-order chi connectivity index (χ1) is 9.65. The molecular formula is C15H23F2N3. The van der Waals surface area contributed by atoms with Crippen LogP contribution in [-0.2, 0) is 0 Å². The molecule has 2 heterocycles. The fourth-order valence-corrected chi connectivity index (χ4v) is 2.81. The molecule has 0 radical (unpaired) electrons. The van der Waals surface area contributed by atoms with Gasteiger partial charge in [0.1, 0.15) is 0 Å². The Morgan fingerprint density at radius 2 is 1.95 bits per heavy atom. The Bertz CT molecular complexity index is 443. The number of halogens is 2. The van der Waals surface area contributed by atoms with Crippen molar-refractivity contribution >= 4 is 11.6 Å². The minimum Gasteiger partial charge on any atom is -0.368 e. The lowest BCUT2D eigenvalue weighted by atomic mass is 9.92. The second-order valence-electron chi connectivity index (χ2n) is 5.37. The Morgan fingerprint density at radius 3 is 2.55 bits per heavy atom. The molecule has 0 spiro atoms. The predicted molar refractivity (Wildman–Crippen MR) is 78.2 cm³/mol. The molecule has 3 nitrogen and oxygen atoms in total. The van der Waals surface area contributed by atoms with E-state index in [9.17, 15) is 8.78 Å². The third kappa shape index (κ3) is 3.38. The van der Waals surface area contributed by atoms with E-state index in [0.29, 0.717) is 6.54 Å². The number of rotatable bonds is 5. The molecule has 0 amide bonds. The zero-order valence-electron chi connectivity index (χ0n) is 12.3. The van der Waals surface area contributed by atoms with Crippen molar-refractivity contribution in [3.63, 3.8) is 0 Å². The lowest BCUT2D eigenvalue weighted by molar-refractivity contribution is 0.375. The summed E-state index contributed by atoms with van der Waals surface area (Å²) in [6.07, 6.45) is 4.54. The van der Waals surface area contributed by atoms with Crippen molar-refractivity contribution in [2.45, 2.75) is 39.5 Å². The minimum atomic E-state index is -0.631. The fourth-order valence-electron chi connectivity index (χ4n) is 2.81. The van der Waals surface area contributed by atoms with Crippen molar-refractivity contribution in [2.75, 3.05) is 29.9 Å². The quantitative estimate of drug-likeness (QED) is 0.890. The standard InChI is InChI=1S/C15H23F2N3/c1-3-5-11-6-8-20(9-7-11)15-13(17)10-12(16)14(19-15)18-4-2/h10-11H,3-9H2,1-2H3,(H,18,19). The summed E-state index contributed by atoms with van der Waals surface area (Å²) < 4.78 is 27.5. The number of pyridine rings is 1. The van der Waals surface area contributed by atoms with E-state index in [1.165, 1.54) is 12.8 Å². The van der Waals surface area contributed by atoms with Gasteiger partial charge in [-0.2, -0.15) is 0 Å². The van der Waals surface area contributed by atoms with Crippen LogP contribution >= 0.6 is 0 Å². The maximum Gasteiger partial charge on any atom is 0.168 e. The first-order valence-electron chi connectivity index (χ1n) is 7.50. The highest BCUT2D eigenvalue weighted by molar-refractivity contribution is 5.49. The normalized spacial score (nSPS) is 16.5. The molecular weight excluding hydrogens is 260 g/mol. The van der Waals surface area contributed by atoms with E-state index >= 15 is 0 Å². The Balaban J connectivity index is 2.11. The fraction of sp³-hybridized carbons (Fsp3) is 0.667. The summed E-state index contributed by atoms with van der Waals surface area (Å²) in [5.74, 6) is -0.0584. The van der Waals surface area contributed by atoms with Gasteiger partial charge >= 0.3 is 0 Å². The number of anilines is 2. The monoisotopic (exact) mass is 283 g/mol. The maximum atomic E-state index is 13.9. The molecule has 0 aliphatic carbocycles. The van der Waals surface area contributed by atoms with Crippen LogP contribution in [0.25, 0.3) is 0 Å². The number of nitrogens with zero attached hydrogens (tertiary/aromatic N) is 2. The maximum absolute atomic E-state index is 13.9. The highest BCUT2D eigenvalue weighted by Gasteiger charge is 2.23. The molecule has 0 unspecified atom stereocenters. The molecule has 1 N–H and O–H groups in total. The first-order valence-corrected chi connectivity index (χ1v) is 7.50. The van der Waals surface area contributed by atoms with Crippen LogP contribution in [0.4, 0.5) is 20.4 Å². The van der Waals surface area contributed by atoms with E-state index in [0.717, 1.165) is 37.9 Å². The summed E-state index contributed by atoms with van der Waals surface area (Å²) >= 11 is 0. The van der Waals surface area contributed by atoms with Crippen LogP contribution in [0.3, 0.4) is 0 Å². The number of hydrogen-bond acceptors (Lipinski definition) is 3. The molecule has 0 bridgehead atoms. The van der Waals surface area contributed by atoms with Gasteiger partial charge in [-0.1, -0.05) is 19.8 Å². The van der Waals surface area contributed by atoms with Crippen LogP contribution in [0, 0.1) is 17.6 Å². The topological polar surface area (TPSA) is 28.2 Å². The smallest absolute Gasteiger partial charge is 0.168 e. The summed E-state index contributed by atoms with van der Waals surface area (Å²) in [6, 6.07) is 0.929. The van der Waals surface area contributed by atoms with Crippen LogP contribution in [0.15, 0.2) is 6.07 Å². The Hall–Kier alpha value is -1.39. The number of aromatic nitrogens is 1. The number of nitrogens with one attached hydrogen (secondary N) is 1. The Morgan fingerprint density at radius 1 is 1.25 bits per heavy atom. The van der Waals surface area contributed by atoms with Gasteiger partial charge < -0.3 is 10.2 Å². The zero-order valence-corrected chi connectivity index (χ0v) is 12.3. The molecule has 0 aromatic carbocycles. The predicted octanol–water partition coefficient (Wildman–Crippen LogP) is 3.81. The molecule has 1 aliphatic rings. The van der Waals surface area contributed by atoms with Crippen molar-refractivity contribution in [1.82, 2.24) is 4.98 Å². The highest BCUT2D eigenvalue weighted by Crippen LogP contribution is 2.28. The summed E-state index contributed by atoms with van der Waals surface area (Å²) in [6.45, 7) is 6.21. The van der Waals surface area contributed by atoms with Gasteiger partial charge in [0, 0.05) is 25.7 Å². The SMILES string of the molecule is CCCC1CCN(c2nc(NCC)c(F)cc2F)CC1. The van der Waals surface area contributed by atoms with Crippen molar-refractivity contribution in [3.05, 3.63) is 17.7 Å². The summed E-state index contributed by atoms with van der Waals surface area (Å²) in [5.41, 5.74) is 0. The Labute approximate surface area is 119 Å². The number of hydrogen-bond donors (Lipinski definition) is 1. The summed E-state index contributed by atoms with van der Waals surface area (Å²) in [4.78, 5) is 6.05. The van der Waals surface area contributed by atoms with Gasteiger partial charge in [0.05, 0.1) is 0 Å². The van der Waals surface area contributed by atoms with E-state index in [1.807, 2.05) is 11.8 Å². The van der Waals surface area contributed by atoms with E-state index in [4.69, 9.17) is 0 Å². The van der Waals surface area contributed by atoms with Gasteiger partial charge in [0.15, 0.2) is 23.3 Å². The van der Waals surface area contributed by atoms with Gasteiger partial charge in [-0.15, -0.1) is 0 Å². The van der Waals surface area contributed by atoms with E-state index in [-0.39, 0.29) is 11.6 Å². The average molecular weight is 283 g/mol. The minimum absolute atomic E-state index is 0.139. The molecule has 1 aromatic heterocycles. The van der Waals surface area contributed by atoms with Crippen LogP contribution in [0.5, 0.6) is 0 Å². The first kappa shape index (κ1) is 15.0. The van der Waals surface area contributed by atoms with E-state index in [1.54, 1.807) is 0 Å². The lowest BCUT2D eigenvalue weighted by Gasteiger charge is -2.33. The second-order valence-corrected chi connectivity index (χ2v) is 5.37. The van der Waals surface area contributed by atoms with Crippen LogP contribution in [0.2, 0.25) is 0 Å². The van der Waals surface area contributed by atoms with Crippen molar-refractivity contribution in [2.24, 2.45) is 5.92 Å². The molecule has 0 saturated carbocycles. The van der Waals surface area contributed by atoms with Crippen LogP contribution < -0.4 is 10.2 Å². The zero-order chi connectivity index (χ0) is 14.5. The Kier molecular flexibility index (Phi) is 5.15.